The van der Waals surface area contributed by atoms with Gasteiger partial charge in [-0.25, -0.2) is 0 Å². The van der Waals surface area contributed by atoms with E-state index in [4.69, 9.17) is 0 Å². The van der Waals surface area contributed by atoms with Crippen LogP contribution in [0.1, 0.15) is 37.0 Å². The quantitative estimate of drug-likeness (QED) is 0.825. The van der Waals surface area contributed by atoms with Gasteiger partial charge in [0.25, 0.3) is 5.91 Å². The van der Waals surface area contributed by atoms with E-state index < -0.39 is 0 Å². The van der Waals surface area contributed by atoms with E-state index in [1.807, 2.05) is 66.4 Å². The fraction of sp³-hybridized carbons (Fsp3) is 0.391. The van der Waals surface area contributed by atoms with Gasteiger partial charge in [0.2, 0.25) is 5.91 Å². The minimum atomic E-state index is -0.0289. The molecule has 2 amide bonds. The lowest BCUT2D eigenvalue weighted by atomic mass is 9.99. The molecule has 0 saturated carbocycles. The molecule has 0 unspecified atom stereocenters. The van der Waals surface area contributed by atoms with Crippen molar-refractivity contribution in [2.75, 3.05) is 36.4 Å². The summed E-state index contributed by atoms with van der Waals surface area (Å²) in [4.78, 5) is 28.9. The zero-order valence-electron chi connectivity index (χ0n) is 16.7. The molecule has 28 heavy (non-hydrogen) atoms. The minimum Gasteiger partial charge on any atom is -0.376 e. The van der Waals surface area contributed by atoms with Crippen molar-refractivity contribution in [2.45, 2.75) is 26.7 Å². The van der Waals surface area contributed by atoms with E-state index in [-0.39, 0.29) is 18.4 Å². The molecule has 1 N–H and O–H groups in total. The number of likely N-dealkylation sites (tertiary alicyclic amines) is 1. The molecule has 3 rings (SSSR count). The van der Waals surface area contributed by atoms with E-state index in [0.717, 1.165) is 37.3 Å². The Bertz CT molecular complexity index is 781. The number of nitrogens with zero attached hydrogens (tertiary/aromatic N) is 2. The Morgan fingerprint density at radius 3 is 2.29 bits per heavy atom. The molecule has 5 heteroatoms. The number of hydrogen-bond acceptors (Lipinski definition) is 3. The maximum atomic E-state index is 12.8. The van der Waals surface area contributed by atoms with Crippen molar-refractivity contribution >= 4 is 23.2 Å². The Morgan fingerprint density at radius 1 is 1.04 bits per heavy atom. The van der Waals surface area contributed by atoms with Gasteiger partial charge in [0.15, 0.2) is 0 Å². The van der Waals surface area contributed by atoms with Crippen LogP contribution in [0, 0.1) is 5.92 Å². The largest absolute Gasteiger partial charge is 0.376 e. The van der Waals surface area contributed by atoms with E-state index in [2.05, 4.69) is 12.2 Å². The molecule has 1 aliphatic rings. The Labute approximate surface area is 167 Å². The highest BCUT2D eigenvalue weighted by atomic mass is 16.2. The van der Waals surface area contributed by atoms with Gasteiger partial charge in [0.05, 0.1) is 6.54 Å². The Kier molecular flexibility index (Phi) is 6.69. The second-order valence-corrected chi connectivity index (χ2v) is 7.38. The summed E-state index contributed by atoms with van der Waals surface area (Å²) in [5.74, 6) is 0.813. The maximum absolute atomic E-state index is 12.8. The SMILES string of the molecule is CCN(C(=O)c1ccc(NCC(=O)N2CCC(C)CC2)cc1)c1ccccc1. The van der Waals surface area contributed by atoms with Crippen LogP contribution >= 0.6 is 0 Å². The summed E-state index contributed by atoms with van der Waals surface area (Å²) in [6.45, 7) is 6.79. The molecular formula is C23H29N3O2. The van der Waals surface area contributed by atoms with E-state index >= 15 is 0 Å². The molecule has 0 radical (unpaired) electrons. The van der Waals surface area contributed by atoms with Crippen LogP contribution in [0.3, 0.4) is 0 Å². The highest BCUT2D eigenvalue weighted by Crippen LogP contribution is 2.19. The van der Waals surface area contributed by atoms with Crippen LogP contribution in [0.4, 0.5) is 11.4 Å². The van der Waals surface area contributed by atoms with Crippen LogP contribution in [-0.2, 0) is 4.79 Å². The van der Waals surface area contributed by atoms with Gasteiger partial charge in [0, 0.05) is 36.6 Å². The molecule has 2 aromatic rings. The third-order valence-electron chi connectivity index (χ3n) is 5.34. The number of hydrogen-bond donors (Lipinski definition) is 1. The van der Waals surface area contributed by atoms with E-state index in [1.165, 1.54) is 0 Å². The lowest BCUT2D eigenvalue weighted by Gasteiger charge is -2.30. The average molecular weight is 380 g/mol. The minimum absolute atomic E-state index is 0.0289. The molecule has 5 nitrogen and oxygen atoms in total. The van der Waals surface area contributed by atoms with Crippen molar-refractivity contribution < 1.29 is 9.59 Å². The fourth-order valence-electron chi connectivity index (χ4n) is 3.49. The lowest BCUT2D eigenvalue weighted by Crippen LogP contribution is -2.40. The van der Waals surface area contributed by atoms with Gasteiger partial charge in [-0.15, -0.1) is 0 Å². The van der Waals surface area contributed by atoms with Crippen LogP contribution in [0.2, 0.25) is 0 Å². The predicted octanol–water partition coefficient (Wildman–Crippen LogP) is 4.02. The summed E-state index contributed by atoms with van der Waals surface area (Å²) in [5, 5.41) is 3.18. The van der Waals surface area contributed by atoms with Crippen LogP contribution in [0.5, 0.6) is 0 Å². The molecule has 1 heterocycles. The van der Waals surface area contributed by atoms with Gasteiger partial charge < -0.3 is 15.1 Å². The van der Waals surface area contributed by atoms with Crippen molar-refractivity contribution in [1.82, 2.24) is 4.90 Å². The first-order valence-corrected chi connectivity index (χ1v) is 10.1. The summed E-state index contributed by atoms with van der Waals surface area (Å²) in [6.07, 6.45) is 2.16. The summed E-state index contributed by atoms with van der Waals surface area (Å²) in [6, 6.07) is 17.0. The molecule has 2 aromatic carbocycles. The van der Waals surface area contributed by atoms with E-state index in [9.17, 15) is 9.59 Å². The molecule has 0 spiro atoms. The number of rotatable bonds is 6. The van der Waals surface area contributed by atoms with Crippen molar-refractivity contribution in [1.29, 1.82) is 0 Å². The molecular weight excluding hydrogens is 350 g/mol. The van der Waals surface area contributed by atoms with E-state index in [1.54, 1.807) is 4.90 Å². The number of piperidine rings is 1. The molecule has 1 fully saturated rings. The number of para-hydroxylation sites is 1. The van der Waals surface area contributed by atoms with Gasteiger partial charge in [-0.2, -0.15) is 0 Å². The topological polar surface area (TPSA) is 52.7 Å². The van der Waals surface area contributed by atoms with Gasteiger partial charge in [-0.05, 0) is 62.1 Å². The predicted molar refractivity (Wildman–Crippen MR) is 114 cm³/mol. The van der Waals surface area contributed by atoms with Crippen LogP contribution in [0.15, 0.2) is 54.6 Å². The van der Waals surface area contributed by atoms with Gasteiger partial charge in [0.1, 0.15) is 0 Å². The third kappa shape index (κ3) is 4.91. The molecule has 1 saturated heterocycles. The molecule has 1 aliphatic heterocycles. The van der Waals surface area contributed by atoms with Crippen molar-refractivity contribution in [3.05, 3.63) is 60.2 Å². The van der Waals surface area contributed by atoms with Crippen LogP contribution in [0.25, 0.3) is 0 Å². The molecule has 0 aromatic heterocycles. The zero-order chi connectivity index (χ0) is 19.9. The number of carbonyl (C=O) groups is 2. The van der Waals surface area contributed by atoms with Crippen LogP contribution < -0.4 is 10.2 Å². The first-order chi connectivity index (χ1) is 13.6. The molecule has 148 valence electrons. The lowest BCUT2D eigenvalue weighted by molar-refractivity contribution is -0.130. The van der Waals surface area contributed by atoms with Gasteiger partial charge >= 0.3 is 0 Å². The highest BCUT2D eigenvalue weighted by molar-refractivity contribution is 6.06. The summed E-state index contributed by atoms with van der Waals surface area (Å²) >= 11 is 0. The van der Waals surface area contributed by atoms with Crippen molar-refractivity contribution in [3.8, 4) is 0 Å². The molecule has 0 aliphatic carbocycles. The second kappa shape index (κ2) is 9.40. The normalized spacial score (nSPS) is 14.6. The standard InChI is InChI=1S/C23H29N3O2/c1-3-26(21-7-5-4-6-8-21)23(28)19-9-11-20(12-10-19)24-17-22(27)25-15-13-18(2)14-16-25/h4-12,18,24H,3,13-17H2,1-2H3. The average Bonchev–Trinajstić information content (AvgIpc) is 2.74. The van der Waals surface area contributed by atoms with Crippen molar-refractivity contribution in [2.24, 2.45) is 5.92 Å². The zero-order valence-corrected chi connectivity index (χ0v) is 16.7. The van der Waals surface area contributed by atoms with Gasteiger partial charge in [-0.3, -0.25) is 9.59 Å². The smallest absolute Gasteiger partial charge is 0.258 e. The first-order valence-electron chi connectivity index (χ1n) is 10.1. The number of anilines is 2. The molecule has 0 atom stereocenters. The van der Waals surface area contributed by atoms with Gasteiger partial charge in [-0.1, -0.05) is 25.1 Å². The Morgan fingerprint density at radius 2 is 1.68 bits per heavy atom. The maximum Gasteiger partial charge on any atom is 0.258 e. The fourth-order valence-corrected chi connectivity index (χ4v) is 3.49. The number of carbonyl (C=O) groups excluding carboxylic acids is 2. The van der Waals surface area contributed by atoms with E-state index in [0.29, 0.717) is 18.0 Å². The number of amides is 2. The third-order valence-corrected chi connectivity index (χ3v) is 5.34. The summed E-state index contributed by atoms with van der Waals surface area (Å²) in [5.41, 5.74) is 2.37. The second-order valence-electron chi connectivity index (χ2n) is 7.38. The Hall–Kier alpha value is -2.82. The number of benzene rings is 2. The molecule has 0 bridgehead atoms. The highest BCUT2D eigenvalue weighted by Gasteiger charge is 2.20. The summed E-state index contributed by atoms with van der Waals surface area (Å²) < 4.78 is 0. The Balaban J connectivity index is 1.57. The van der Waals surface area contributed by atoms with Crippen molar-refractivity contribution in [3.63, 3.8) is 0 Å². The number of nitrogens with one attached hydrogen (secondary N) is 1. The first kappa shape index (κ1) is 19.9. The van der Waals surface area contributed by atoms with Crippen LogP contribution in [-0.4, -0.2) is 42.9 Å². The summed E-state index contributed by atoms with van der Waals surface area (Å²) in [7, 11) is 0. The monoisotopic (exact) mass is 379 g/mol.